The van der Waals surface area contributed by atoms with Gasteiger partial charge in [-0.25, -0.2) is 5.10 Å². The van der Waals surface area contributed by atoms with Gasteiger partial charge in [0.05, 0.1) is 12.8 Å². The highest BCUT2D eigenvalue weighted by Gasteiger charge is 2.13. The lowest BCUT2D eigenvalue weighted by atomic mass is 10.00. The molecule has 0 aliphatic carbocycles. The van der Waals surface area contributed by atoms with Gasteiger partial charge in [-0.1, -0.05) is 0 Å². The van der Waals surface area contributed by atoms with Crippen LogP contribution in [-0.2, 0) is 6.54 Å². The van der Waals surface area contributed by atoms with Crippen molar-refractivity contribution < 1.29 is 4.74 Å². The van der Waals surface area contributed by atoms with E-state index in [1.54, 1.807) is 7.11 Å². The molecule has 3 N–H and O–H groups in total. The van der Waals surface area contributed by atoms with Gasteiger partial charge in [0.25, 0.3) is 5.56 Å². The fraction of sp³-hybridized carbons (Fsp3) is 0.286. The zero-order valence-electron chi connectivity index (χ0n) is 11.3. The van der Waals surface area contributed by atoms with Crippen molar-refractivity contribution in [2.24, 2.45) is 5.73 Å². The molecule has 0 aliphatic heterocycles. The predicted molar refractivity (Wildman–Crippen MR) is 74.2 cm³/mol. The second kappa shape index (κ2) is 5.24. The van der Waals surface area contributed by atoms with Crippen LogP contribution in [0.5, 0.6) is 5.75 Å². The minimum atomic E-state index is -0.257. The third-order valence-corrected chi connectivity index (χ3v) is 3.18. The second-order valence-electron chi connectivity index (χ2n) is 4.45. The Morgan fingerprint density at radius 2 is 1.95 bits per heavy atom. The molecular formula is C14H17N3O2. The topological polar surface area (TPSA) is 81.0 Å². The summed E-state index contributed by atoms with van der Waals surface area (Å²) in [7, 11) is 1.61. The van der Waals surface area contributed by atoms with Gasteiger partial charge in [-0.15, -0.1) is 0 Å². The van der Waals surface area contributed by atoms with Gasteiger partial charge in [0.15, 0.2) is 0 Å². The number of nitrogens with two attached hydrogens (primary N) is 1. The minimum absolute atomic E-state index is 0.252. The Morgan fingerprint density at radius 1 is 1.26 bits per heavy atom. The van der Waals surface area contributed by atoms with Crippen molar-refractivity contribution >= 4 is 0 Å². The lowest BCUT2D eigenvalue weighted by Crippen LogP contribution is -2.13. The van der Waals surface area contributed by atoms with Crippen LogP contribution in [-0.4, -0.2) is 17.3 Å². The number of rotatable bonds is 3. The van der Waals surface area contributed by atoms with Crippen molar-refractivity contribution in [1.29, 1.82) is 0 Å². The van der Waals surface area contributed by atoms with Gasteiger partial charge in [0.2, 0.25) is 0 Å². The standard InChI is InChI=1S/C14H17N3O2/c1-8-4-11(12(19-3)5-9(8)2)14-10(7-15)6-13(18)16-17-14/h4-6H,7,15H2,1-3H3,(H,16,18). The summed E-state index contributed by atoms with van der Waals surface area (Å²) in [5, 5.41) is 6.54. The van der Waals surface area contributed by atoms with E-state index in [0.717, 1.165) is 22.4 Å². The van der Waals surface area contributed by atoms with Crippen molar-refractivity contribution in [1.82, 2.24) is 10.2 Å². The van der Waals surface area contributed by atoms with E-state index < -0.39 is 0 Å². The van der Waals surface area contributed by atoms with Crippen LogP contribution in [0.3, 0.4) is 0 Å². The largest absolute Gasteiger partial charge is 0.496 e. The quantitative estimate of drug-likeness (QED) is 0.875. The van der Waals surface area contributed by atoms with Crippen LogP contribution in [0.2, 0.25) is 0 Å². The Kier molecular flexibility index (Phi) is 3.66. The number of aryl methyl sites for hydroxylation is 2. The van der Waals surface area contributed by atoms with Crippen molar-refractivity contribution in [2.45, 2.75) is 20.4 Å². The average Bonchev–Trinajstić information content (AvgIpc) is 2.41. The molecule has 0 spiro atoms. The molecule has 1 heterocycles. The first kappa shape index (κ1) is 13.3. The number of nitrogens with one attached hydrogen (secondary N) is 1. The lowest BCUT2D eigenvalue weighted by molar-refractivity contribution is 0.415. The van der Waals surface area contributed by atoms with Crippen LogP contribution in [0.25, 0.3) is 11.3 Å². The van der Waals surface area contributed by atoms with Gasteiger partial charge >= 0.3 is 0 Å². The number of hydrogen-bond donors (Lipinski definition) is 2. The first-order valence-corrected chi connectivity index (χ1v) is 6.01. The van der Waals surface area contributed by atoms with Gasteiger partial charge < -0.3 is 10.5 Å². The highest BCUT2D eigenvalue weighted by atomic mass is 16.5. The molecule has 0 amide bonds. The fourth-order valence-electron chi connectivity index (χ4n) is 1.97. The van der Waals surface area contributed by atoms with Gasteiger partial charge in [0.1, 0.15) is 5.75 Å². The summed E-state index contributed by atoms with van der Waals surface area (Å²) in [6, 6.07) is 5.42. The van der Waals surface area contributed by atoms with E-state index in [-0.39, 0.29) is 12.1 Å². The summed E-state index contributed by atoms with van der Waals surface area (Å²) in [5.74, 6) is 0.720. The molecule has 5 heteroatoms. The molecule has 1 aromatic carbocycles. The minimum Gasteiger partial charge on any atom is -0.496 e. The Balaban J connectivity index is 2.71. The molecule has 2 rings (SSSR count). The molecule has 100 valence electrons. The van der Waals surface area contributed by atoms with E-state index in [9.17, 15) is 4.79 Å². The molecule has 0 saturated carbocycles. The third-order valence-electron chi connectivity index (χ3n) is 3.18. The zero-order valence-corrected chi connectivity index (χ0v) is 11.3. The molecule has 0 radical (unpaired) electrons. The highest BCUT2D eigenvalue weighted by molar-refractivity contribution is 5.71. The molecule has 0 saturated heterocycles. The van der Waals surface area contributed by atoms with E-state index in [1.807, 2.05) is 26.0 Å². The maximum Gasteiger partial charge on any atom is 0.264 e. The Bertz CT molecular complexity index is 662. The fourth-order valence-corrected chi connectivity index (χ4v) is 1.97. The number of nitrogens with zero attached hydrogens (tertiary/aromatic N) is 1. The number of H-pyrrole nitrogens is 1. The van der Waals surface area contributed by atoms with Crippen LogP contribution in [0.4, 0.5) is 0 Å². The maximum atomic E-state index is 11.3. The van der Waals surface area contributed by atoms with Gasteiger partial charge in [0, 0.05) is 18.2 Å². The highest BCUT2D eigenvalue weighted by Crippen LogP contribution is 2.32. The Hall–Kier alpha value is -2.14. The van der Waals surface area contributed by atoms with Crippen LogP contribution in [0.15, 0.2) is 23.0 Å². The summed E-state index contributed by atoms with van der Waals surface area (Å²) in [6.07, 6.45) is 0. The lowest BCUT2D eigenvalue weighted by Gasteiger charge is -2.13. The smallest absolute Gasteiger partial charge is 0.264 e. The van der Waals surface area contributed by atoms with Gasteiger partial charge in [-0.05, 0) is 42.7 Å². The monoisotopic (exact) mass is 259 g/mol. The summed E-state index contributed by atoms with van der Waals surface area (Å²) in [4.78, 5) is 11.3. The molecule has 0 unspecified atom stereocenters. The van der Waals surface area contributed by atoms with Crippen LogP contribution in [0, 0.1) is 13.8 Å². The van der Waals surface area contributed by atoms with Gasteiger partial charge in [-0.2, -0.15) is 5.10 Å². The molecule has 2 aromatic rings. The average molecular weight is 259 g/mol. The summed E-state index contributed by atoms with van der Waals surface area (Å²) < 4.78 is 5.39. The van der Waals surface area contributed by atoms with E-state index in [1.165, 1.54) is 6.07 Å². The number of benzene rings is 1. The van der Waals surface area contributed by atoms with E-state index in [0.29, 0.717) is 11.3 Å². The molecular weight excluding hydrogens is 242 g/mol. The number of aromatic amines is 1. The zero-order chi connectivity index (χ0) is 14.0. The first-order chi connectivity index (χ1) is 9.06. The summed E-state index contributed by atoms with van der Waals surface area (Å²) in [5.41, 5.74) is 9.88. The summed E-state index contributed by atoms with van der Waals surface area (Å²) >= 11 is 0. The van der Waals surface area contributed by atoms with Gasteiger partial charge in [-0.3, -0.25) is 4.79 Å². The number of hydrogen-bond acceptors (Lipinski definition) is 4. The van der Waals surface area contributed by atoms with Crippen LogP contribution in [0.1, 0.15) is 16.7 Å². The first-order valence-electron chi connectivity index (χ1n) is 6.01. The second-order valence-corrected chi connectivity index (χ2v) is 4.45. The summed E-state index contributed by atoms with van der Waals surface area (Å²) in [6.45, 7) is 4.29. The molecule has 0 aliphatic rings. The normalized spacial score (nSPS) is 10.5. The number of methoxy groups -OCH3 is 1. The van der Waals surface area contributed by atoms with Crippen molar-refractivity contribution in [3.8, 4) is 17.0 Å². The van der Waals surface area contributed by atoms with Crippen LogP contribution >= 0.6 is 0 Å². The molecule has 5 nitrogen and oxygen atoms in total. The molecule has 0 bridgehead atoms. The van der Waals surface area contributed by atoms with Crippen molar-refractivity contribution in [3.05, 3.63) is 45.2 Å². The SMILES string of the molecule is COc1cc(C)c(C)cc1-c1n[nH]c(=O)cc1CN. The molecule has 19 heavy (non-hydrogen) atoms. The third kappa shape index (κ3) is 2.51. The molecule has 1 aromatic heterocycles. The van der Waals surface area contributed by atoms with E-state index in [4.69, 9.17) is 10.5 Å². The van der Waals surface area contributed by atoms with E-state index >= 15 is 0 Å². The number of aromatic nitrogens is 2. The van der Waals surface area contributed by atoms with E-state index in [2.05, 4.69) is 10.2 Å². The molecule has 0 atom stereocenters. The maximum absolute atomic E-state index is 11.3. The molecule has 0 fully saturated rings. The van der Waals surface area contributed by atoms with Crippen molar-refractivity contribution in [3.63, 3.8) is 0 Å². The Labute approximate surface area is 111 Å². The van der Waals surface area contributed by atoms with Crippen molar-refractivity contribution in [2.75, 3.05) is 7.11 Å². The predicted octanol–water partition coefficient (Wildman–Crippen LogP) is 1.52. The Morgan fingerprint density at radius 3 is 2.58 bits per heavy atom. The number of ether oxygens (including phenoxy) is 1. The van der Waals surface area contributed by atoms with Crippen LogP contribution < -0.4 is 16.0 Å².